The maximum absolute atomic E-state index is 13.5. The Kier molecular flexibility index (Phi) is 6.26. The van der Waals surface area contributed by atoms with Gasteiger partial charge in [-0.3, -0.25) is 4.79 Å². The first kappa shape index (κ1) is 22.6. The van der Waals surface area contributed by atoms with Crippen molar-refractivity contribution in [3.8, 4) is 11.3 Å². The summed E-state index contributed by atoms with van der Waals surface area (Å²) in [6, 6.07) is 11.7. The summed E-state index contributed by atoms with van der Waals surface area (Å²) in [6.07, 6.45) is -3.63. The van der Waals surface area contributed by atoms with Crippen LogP contribution in [0, 0.1) is 17.6 Å². The molecule has 0 radical (unpaired) electrons. The zero-order chi connectivity index (χ0) is 23.6. The third-order valence-corrected chi connectivity index (χ3v) is 5.45. The number of halogens is 5. The molecular formula is C23H19F5N4O. The highest BCUT2D eigenvalue weighted by molar-refractivity contribution is 5.93. The van der Waals surface area contributed by atoms with E-state index in [1.165, 1.54) is 12.1 Å². The van der Waals surface area contributed by atoms with E-state index in [9.17, 15) is 26.7 Å². The first-order chi connectivity index (χ1) is 15.7. The zero-order valence-electron chi connectivity index (χ0n) is 17.2. The molecule has 4 rings (SSSR count). The van der Waals surface area contributed by atoms with Crippen LogP contribution in [0.3, 0.4) is 0 Å². The minimum absolute atomic E-state index is 0.116. The number of rotatable bonds is 4. The molecule has 0 spiro atoms. The van der Waals surface area contributed by atoms with Crippen LogP contribution in [-0.4, -0.2) is 29.2 Å². The van der Waals surface area contributed by atoms with E-state index in [0.29, 0.717) is 55.1 Å². The van der Waals surface area contributed by atoms with E-state index in [1.807, 2.05) is 4.90 Å². The fourth-order valence-corrected chi connectivity index (χ4v) is 3.73. The highest BCUT2D eigenvalue weighted by atomic mass is 19.4. The van der Waals surface area contributed by atoms with Crippen molar-refractivity contribution in [3.05, 3.63) is 71.8 Å². The lowest BCUT2D eigenvalue weighted by atomic mass is 9.97. The molecule has 1 aromatic heterocycles. The Labute approximate surface area is 186 Å². The molecule has 172 valence electrons. The fourth-order valence-electron chi connectivity index (χ4n) is 3.73. The second kappa shape index (κ2) is 9.13. The Morgan fingerprint density at radius 2 is 1.76 bits per heavy atom. The minimum Gasteiger partial charge on any atom is -0.354 e. The lowest BCUT2D eigenvalue weighted by molar-refractivity contribution is -0.140. The molecular weight excluding hydrogens is 443 g/mol. The quantitative estimate of drug-likeness (QED) is 0.535. The molecule has 3 aromatic rings. The summed E-state index contributed by atoms with van der Waals surface area (Å²) in [5.74, 6) is -2.13. The van der Waals surface area contributed by atoms with Crippen molar-refractivity contribution in [1.82, 2.24) is 10.2 Å². The van der Waals surface area contributed by atoms with E-state index >= 15 is 0 Å². The Bertz CT molecular complexity index is 1130. The first-order valence-electron chi connectivity index (χ1n) is 10.2. The van der Waals surface area contributed by atoms with Gasteiger partial charge in [-0.1, -0.05) is 0 Å². The smallest absolute Gasteiger partial charge is 0.354 e. The number of hydrogen-bond donors (Lipinski definition) is 1. The number of aromatic nitrogens is 2. The van der Waals surface area contributed by atoms with E-state index < -0.39 is 29.4 Å². The third kappa shape index (κ3) is 5.27. The van der Waals surface area contributed by atoms with Crippen molar-refractivity contribution in [1.29, 1.82) is 0 Å². The molecule has 5 nitrogen and oxygen atoms in total. The van der Waals surface area contributed by atoms with Gasteiger partial charge >= 0.3 is 6.18 Å². The molecule has 1 unspecified atom stereocenters. The van der Waals surface area contributed by atoms with Gasteiger partial charge < -0.3 is 10.2 Å². The monoisotopic (exact) mass is 462 g/mol. The predicted octanol–water partition coefficient (Wildman–Crippen LogP) is 5.30. The average molecular weight is 462 g/mol. The van der Waals surface area contributed by atoms with Gasteiger partial charge in [0.2, 0.25) is 5.91 Å². The van der Waals surface area contributed by atoms with Gasteiger partial charge in [-0.15, -0.1) is 10.2 Å². The topological polar surface area (TPSA) is 58.1 Å². The number of amides is 1. The minimum atomic E-state index is -4.86. The second-order valence-electron chi connectivity index (χ2n) is 7.75. The molecule has 2 aromatic carbocycles. The number of carbonyl (C=O) groups is 1. The van der Waals surface area contributed by atoms with Crippen LogP contribution in [0.4, 0.5) is 33.5 Å². The normalized spacial score (nSPS) is 16.5. The molecule has 33 heavy (non-hydrogen) atoms. The summed E-state index contributed by atoms with van der Waals surface area (Å²) in [7, 11) is 0. The van der Waals surface area contributed by atoms with Gasteiger partial charge in [0, 0.05) is 24.3 Å². The summed E-state index contributed by atoms with van der Waals surface area (Å²) >= 11 is 0. The Morgan fingerprint density at radius 1 is 1.00 bits per heavy atom. The van der Waals surface area contributed by atoms with Crippen LogP contribution in [0.25, 0.3) is 11.3 Å². The number of anilines is 2. The average Bonchev–Trinajstić information content (AvgIpc) is 2.80. The van der Waals surface area contributed by atoms with E-state index in [2.05, 4.69) is 15.5 Å². The number of alkyl halides is 3. The molecule has 1 aliphatic rings. The summed E-state index contributed by atoms with van der Waals surface area (Å²) in [6.45, 7) is 0.951. The largest absolute Gasteiger partial charge is 0.419 e. The van der Waals surface area contributed by atoms with Gasteiger partial charge in [0.05, 0.1) is 17.2 Å². The zero-order valence-corrected chi connectivity index (χ0v) is 17.2. The molecule has 1 N–H and O–H groups in total. The third-order valence-electron chi connectivity index (χ3n) is 5.45. The van der Waals surface area contributed by atoms with Crippen LogP contribution in [0.2, 0.25) is 0 Å². The summed E-state index contributed by atoms with van der Waals surface area (Å²) < 4.78 is 65.4. The van der Waals surface area contributed by atoms with E-state index in [0.717, 1.165) is 6.07 Å². The van der Waals surface area contributed by atoms with Crippen molar-refractivity contribution in [2.45, 2.75) is 19.0 Å². The molecule has 1 fully saturated rings. The standard InChI is InChI=1S/C23H19F5N4O/c24-16-5-3-14(4-6-16)20-9-10-21(31-30-20)32-11-1-2-15(13-32)22(33)29-17-7-8-19(25)18(12-17)23(26,27)28/h3-10,12,15H,1-2,11,13H2,(H,29,33). The molecule has 1 atom stereocenters. The van der Waals surface area contributed by atoms with Gasteiger partial charge in [0.1, 0.15) is 11.6 Å². The number of hydrogen-bond acceptors (Lipinski definition) is 4. The van der Waals surface area contributed by atoms with Crippen LogP contribution in [0.15, 0.2) is 54.6 Å². The molecule has 0 bridgehead atoms. The van der Waals surface area contributed by atoms with Crippen molar-refractivity contribution < 1.29 is 26.7 Å². The van der Waals surface area contributed by atoms with Gasteiger partial charge in [0.15, 0.2) is 5.82 Å². The van der Waals surface area contributed by atoms with Gasteiger partial charge in [-0.05, 0) is 67.4 Å². The number of benzene rings is 2. The first-order valence-corrected chi connectivity index (χ1v) is 10.2. The van der Waals surface area contributed by atoms with Crippen molar-refractivity contribution >= 4 is 17.4 Å². The highest BCUT2D eigenvalue weighted by Crippen LogP contribution is 2.33. The molecule has 1 amide bonds. The number of nitrogens with one attached hydrogen (secondary N) is 1. The van der Waals surface area contributed by atoms with Gasteiger partial charge in [-0.25, -0.2) is 8.78 Å². The van der Waals surface area contributed by atoms with Crippen molar-refractivity contribution in [2.24, 2.45) is 5.92 Å². The lowest BCUT2D eigenvalue weighted by Gasteiger charge is -2.32. The molecule has 0 saturated carbocycles. The number of nitrogens with zero attached hydrogens (tertiary/aromatic N) is 3. The summed E-state index contributed by atoms with van der Waals surface area (Å²) in [4.78, 5) is 14.6. The van der Waals surface area contributed by atoms with Crippen LogP contribution >= 0.6 is 0 Å². The Balaban J connectivity index is 1.43. The molecule has 1 saturated heterocycles. The number of carbonyl (C=O) groups excluding carboxylic acids is 1. The van der Waals surface area contributed by atoms with Gasteiger partial charge in [-0.2, -0.15) is 13.2 Å². The van der Waals surface area contributed by atoms with Gasteiger partial charge in [0.25, 0.3) is 0 Å². The second-order valence-corrected chi connectivity index (χ2v) is 7.75. The van der Waals surface area contributed by atoms with Crippen LogP contribution in [-0.2, 0) is 11.0 Å². The van der Waals surface area contributed by atoms with E-state index in [1.54, 1.807) is 24.3 Å². The van der Waals surface area contributed by atoms with Crippen molar-refractivity contribution in [2.75, 3.05) is 23.3 Å². The SMILES string of the molecule is O=C(Nc1ccc(F)c(C(F)(F)F)c1)C1CCCN(c2ccc(-c3ccc(F)cc3)nn2)C1. The van der Waals surface area contributed by atoms with Crippen LogP contribution in [0.1, 0.15) is 18.4 Å². The molecule has 0 aliphatic carbocycles. The Hall–Kier alpha value is -3.56. The van der Waals surface area contributed by atoms with E-state index in [4.69, 9.17) is 0 Å². The maximum atomic E-state index is 13.5. The van der Waals surface area contributed by atoms with Crippen LogP contribution in [0.5, 0.6) is 0 Å². The number of piperidine rings is 1. The molecule has 2 heterocycles. The van der Waals surface area contributed by atoms with E-state index in [-0.39, 0.29) is 11.5 Å². The summed E-state index contributed by atoms with van der Waals surface area (Å²) in [5.41, 5.74) is -0.262. The lowest BCUT2D eigenvalue weighted by Crippen LogP contribution is -2.41. The predicted molar refractivity (Wildman–Crippen MR) is 112 cm³/mol. The van der Waals surface area contributed by atoms with Crippen molar-refractivity contribution in [3.63, 3.8) is 0 Å². The fraction of sp³-hybridized carbons (Fsp3) is 0.261. The Morgan fingerprint density at radius 3 is 2.42 bits per heavy atom. The molecule has 10 heteroatoms. The van der Waals surface area contributed by atoms with Crippen LogP contribution < -0.4 is 10.2 Å². The highest BCUT2D eigenvalue weighted by Gasteiger charge is 2.34. The maximum Gasteiger partial charge on any atom is 0.419 e. The summed E-state index contributed by atoms with van der Waals surface area (Å²) in [5, 5.41) is 10.8. The molecule has 1 aliphatic heterocycles.